The third kappa shape index (κ3) is 10.5. The molecule has 1 heterocycles. The molecule has 0 amide bonds. The Kier molecular flexibility index (Phi) is 13.8. The molecule has 1 aromatic carbocycles. The minimum atomic E-state index is 1.14. The van der Waals surface area contributed by atoms with Crippen LogP contribution in [0.15, 0.2) is 66.8 Å². The van der Waals surface area contributed by atoms with E-state index in [2.05, 4.69) is 79.8 Å². The number of rotatable bonds is 2. The van der Waals surface area contributed by atoms with Crippen molar-refractivity contribution in [3.05, 3.63) is 82.1 Å². The molecule has 0 N–H and O–H groups in total. The number of allylic oxidation sites excluding steroid dienone is 4. The summed E-state index contributed by atoms with van der Waals surface area (Å²) in [5.74, 6) is 0. The Labute approximate surface area is 146 Å². The zero-order valence-corrected chi connectivity index (χ0v) is 15.9. The van der Waals surface area contributed by atoms with E-state index < -0.39 is 0 Å². The van der Waals surface area contributed by atoms with Crippen LogP contribution in [0.5, 0.6) is 0 Å². The fraction of sp³-hybridized carbons (Fsp3) is 0.273. The first kappa shape index (κ1) is 21.1. The smallest absolute Gasteiger partial charge is 0.0273 e. The second-order valence-electron chi connectivity index (χ2n) is 4.28. The van der Waals surface area contributed by atoms with E-state index in [9.17, 15) is 0 Å². The summed E-state index contributed by atoms with van der Waals surface area (Å²) in [6.07, 6.45) is 13.8. The molecule has 23 heavy (non-hydrogen) atoms. The molecule has 0 saturated heterocycles. The molecule has 1 aromatic heterocycles. The molecule has 1 heteroatoms. The maximum Gasteiger partial charge on any atom is 0.0273 e. The van der Waals surface area contributed by atoms with Gasteiger partial charge >= 0.3 is 0 Å². The molecule has 1 aliphatic rings. The van der Waals surface area contributed by atoms with Crippen LogP contribution in [0.4, 0.5) is 0 Å². The average Bonchev–Trinajstić information content (AvgIpc) is 3.33. The second-order valence-corrected chi connectivity index (χ2v) is 5.60. The summed E-state index contributed by atoms with van der Waals surface area (Å²) in [5.41, 5.74) is 1.25. The minimum Gasteiger partial charge on any atom is -0.141 e. The second kappa shape index (κ2) is 15.1. The molecule has 0 fully saturated rings. The van der Waals surface area contributed by atoms with E-state index in [0.29, 0.717) is 0 Å². The van der Waals surface area contributed by atoms with Crippen molar-refractivity contribution in [3.8, 4) is 0 Å². The normalized spacial score (nSPS) is 11.0. The number of benzene rings is 1. The lowest BCUT2D eigenvalue weighted by Gasteiger charge is -1.89. The highest BCUT2D eigenvalue weighted by Crippen LogP contribution is 2.17. The third-order valence-corrected chi connectivity index (χ3v) is 3.62. The Morgan fingerprint density at radius 2 is 1.39 bits per heavy atom. The fourth-order valence-corrected chi connectivity index (χ4v) is 2.46. The van der Waals surface area contributed by atoms with E-state index in [4.69, 9.17) is 0 Å². The van der Waals surface area contributed by atoms with Crippen molar-refractivity contribution < 1.29 is 0 Å². The number of hydrogen-bond donors (Lipinski definition) is 0. The van der Waals surface area contributed by atoms with Crippen LogP contribution in [0.2, 0.25) is 0 Å². The van der Waals surface area contributed by atoms with E-state index in [1.54, 1.807) is 0 Å². The maximum absolute atomic E-state index is 2.16. The monoisotopic (exact) mass is 326 g/mol. The van der Waals surface area contributed by atoms with Crippen molar-refractivity contribution in [2.24, 2.45) is 0 Å². The molecule has 124 valence electrons. The molecule has 1 aliphatic carbocycles. The molecule has 0 nitrogen and oxygen atoms in total. The van der Waals surface area contributed by atoms with Crippen molar-refractivity contribution >= 4 is 23.5 Å². The standard InChI is InChI=1S/C13H12S.C5H6.2C2H6/c1-11-7-9-13(14-11)10-8-12-5-3-2-4-6-12;1-2-4-5-3-1;2*1-2/h2-10H,1H3;1-4H,5H2;2*1-2H3/b10-8+;;;. The fourth-order valence-electron chi connectivity index (χ4n) is 1.68. The van der Waals surface area contributed by atoms with Gasteiger partial charge in [0.05, 0.1) is 0 Å². The number of thiophene rings is 1. The quantitative estimate of drug-likeness (QED) is 0.528. The largest absolute Gasteiger partial charge is 0.141 e. The molecule has 0 aliphatic heterocycles. The summed E-state index contributed by atoms with van der Waals surface area (Å²) < 4.78 is 0. The molecule has 0 saturated carbocycles. The Morgan fingerprint density at radius 3 is 1.83 bits per heavy atom. The molecule has 3 rings (SSSR count). The molecule has 0 bridgehead atoms. The first-order valence-corrected chi connectivity index (χ1v) is 9.27. The Bertz CT molecular complexity index is 561. The molecular weight excluding hydrogens is 296 g/mol. The zero-order valence-electron chi connectivity index (χ0n) is 15.1. The minimum absolute atomic E-state index is 1.14. The van der Waals surface area contributed by atoms with E-state index in [-0.39, 0.29) is 0 Å². The van der Waals surface area contributed by atoms with Gasteiger partial charge in [-0.2, -0.15) is 0 Å². The van der Waals surface area contributed by atoms with E-state index in [0.717, 1.165) is 6.42 Å². The number of hydrogen-bond acceptors (Lipinski definition) is 1. The third-order valence-electron chi connectivity index (χ3n) is 2.66. The molecule has 0 spiro atoms. The van der Waals surface area contributed by atoms with Crippen molar-refractivity contribution in [1.29, 1.82) is 0 Å². The van der Waals surface area contributed by atoms with Crippen LogP contribution < -0.4 is 0 Å². The van der Waals surface area contributed by atoms with Gasteiger partial charge in [-0.3, -0.25) is 0 Å². The summed E-state index contributed by atoms with van der Waals surface area (Å²) in [6.45, 7) is 10.1. The van der Waals surface area contributed by atoms with Crippen LogP contribution in [0.3, 0.4) is 0 Å². The van der Waals surface area contributed by atoms with Gasteiger partial charge in [0.2, 0.25) is 0 Å². The lowest BCUT2D eigenvalue weighted by molar-refractivity contribution is 1.45. The van der Waals surface area contributed by atoms with E-state index in [1.807, 2.05) is 45.1 Å². The molecule has 0 atom stereocenters. The highest BCUT2D eigenvalue weighted by molar-refractivity contribution is 7.12. The van der Waals surface area contributed by atoms with Crippen molar-refractivity contribution in [3.63, 3.8) is 0 Å². The van der Waals surface area contributed by atoms with E-state index >= 15 is 0 Å². The lowest BCUT2D eigenvalue weighted by atomic mass is 10.2. The van der Waals surface area contributed by atoms with Gasteiger partial charge in [0.25, 0.3) is 0 Å². The molecule has 2 aromatic rings. The number of aryl methyl sites for hydroxylation is 1. The topological polar surface area (TPSA) is 0 Å². The zero-order chi connectivity index (χ0) is 17.3. The highest BCUT2D eigenvalue weighted by Gasteiger charge is 1.90. The Balaban J connectivity index is 0.000000449. The van der Waals surface area contributed by atoms with Gasteiger partial charge in [-0.25, -0.2) is 0 Å². The van der Waals surface area contributed by atoms with Gasteiger partial charge in [0, 0.05) is 9.75 Å². The summed E-state index contributed by atoms with van der Waals surface area (Å²) in [7, 11) is 0. The summed E-state index contributed by atoms with van der Waals surface area (Å²) in [6, 6.07) is 14.7. The summed E-state index contributed by atoms with van der Waals surface area (Å²) in [4.78, 5) is 2.67. The van der Waals surface area contributed by atoms with Crippen LogP contribution in [-0.2, 0) is 0 Å². The maximum atomic E-state index is 2.16. The predicted octanol–water partition coefficient (Wildman–Crippen LogP) is 7.78. The lowest BCUT2D eigenvalue weighted by Crippen LogP contribution is -1.67. The van der Waals surface area contributed by atoms with Crippen LogP contribution in [0.1, 0.15) is 49.4 Å². The predicted molar refractivity (Wildman–Crippen MR) is 110 cm³/mol. The van der Waals surface area contributed by atoms with Gasteiger partial charge in [-0.05, 0) is 37.1 Å². The Hall–Kier alpha value is -1.86. The van der Waals surface area contributed by atoms with Gasteiger partial charge in [0.15, 0.2) is 0 Å². The van der Waals surface area contributed by atoms with E-state index in [1.165, 1.54) is 15.3 Å². The van der Waals surface area contributed by atoms with Gasteiger partial charge < -0.3 is 0 Å². The average molecular weight is 327 g/mol. The van der Waals surface area contributed by atoms with Gasteiger partial charge in [-0.15, -0.1) is 11.3 Å². The summed E-state index contributed by atoms with van der Waals surface area (Å²) >= 11 is 1.82. The first-order valence-electron chi connectivity index (χ1n) is 8.46. The van der Waals surface area contributed by atoms with Gasteiger partial charge in [-0.1, -0.05) is 88.4 Å². The molecular formula is C22H30S. The van der Waals surface area contributed by atoms with Gasteiger partial charge in [0.1, 0.15) is 0 Å². The van der Waals surface area contributed by atoms with Crippen LogP contribution in [-0.4, -0.2) is 0 Å². The van der Waals surface area contributed by atoms with Crippen molar-refractivity contribution in [1.82, 2.24) is 0 Å². The van der Waals surface area contributed by atoms with Crippen LogP contribution in [0, 0.1) is 6.92 Å². The Morgan fingerprint density at radius 1 is 0.783 bits per heavy atom. The van der Waals surface area contributed by atoms with Crippen LogP contribution in [0.25, 0.3) is 12.2 Å². The molecule has 0 radical (unpaired) electrons. The highest BCUT2D eigenvalue weighted by atomic mass is 32.1. The first-order chi connectivity index (χ1) is 11.3. The van der Waals surface area contributed by atoms with Crippen molar-refractivity contribution in [2.45, 2.75) is 41.0 Å². The van der Waals surface area contributed by atoms with Crippen molar-refractivity contribution in [2.75, 3.05) is 0 Å². The molecule has 0 unspecified atom stereocenters. The van der Waals surface area contributed by atoms with Crippen LogP contribution >= 0.6 is 11.3 Å². The summed E-state index contributed by atoms with van der Waals surface area (Å²) in [5, 5.41) is 0. The SMILES string of the molecule is C1=CCC=C1.CC.CC.Cc1ccc(/C=C/c2ccccc2)s1.